The van der Waals surface area contributed by atoms with Crippen molar-refractivity contribution in [3.63, 3.8) is 0 Å². The monoisotopic (exact) mass is 292 g/mol. The molecule has 1 aromatic rings. The van der Waals surface area contributed by atoms with Crippen LogP contribution in [-0.4, -0.2) is 18.5 Å². The lowest BCUT2D eigenvalue weighted by Crippen LogP contribution is -2.37. The third kappa shape index (κ3) is 4.20. The molecule has 0 bridgehead atoms. The van der Waals surface area contributed by atoms with E-state index in [9.17, 15) is 4.79 Å². The van der Waals surface area contributed by atoms with E-state index < -0.39 is 0 Å². The number of nitrogens with two attached hydrogens (primary N) is 1. The smallest absolute Gasteiger partial charge is 0.252 e. The van der Waals surface area contributed by atoms with Crippen LogP contribution < -0.4 is 11.1 Å². The SMILES string of the molecule is C[C@H](CN)NC(=O)c1ccccc1Br.Cl. The summed E-state index contributed by atoms with van der Waals surface area (Å²) in [6, 6.07) is 7.29. The maximum atomic E-state index is 11.6. The van der Waals surface area contributed by atoms with E-state index in [1.165, 1.54) is 0 Å². The van der Waals surface area contributed by atoms with Crippen molar-refractivity contribution in [1.29, 1.82) is 0 Å². The van der Waals surface area contributed by atoms with Crippen molar-refractivity contribution in [1.82, 2.24) is 5.32 Å². The van der Waals surface area contributed by atoms with Crippen LogP contribution in [0.2, 0.25) is 0 Å². The fourth-order valence-electron chi connectivity index (χ4n) is 1.01. The molecule has 84 valence electrons. The molecule has 0 unspecified atom stereocenters. The molecule has 15 heavy (non-hydrogen) atoms. The maximum Gasteiger partial charge on any atom is 0.252 e. The van der Waals surface area contributed by atoms with Gasteiger partial charge in [-0.25, -0.2) is 0 Å². The Labute approximate surface area is 104 Å². The molecule has 0 fully saturated rings. The normalized spacial score (nSPS) is 11.4. The first kappa shape index (κ1) is 14.4. The highest BCUT2D eigenvalue weighted by molar-refractivity contribution is 9.10. The Balaban J connectivity index is 0.00000196. The summed E-state index contributed by atoms with van der Waals surface area (Å²) in [7, 11) is 0. The first-order valence-corrected chi connectivity index (χ1v) is 5.20. The maximum absolute atomic E-state index is 11.6. The number of halogens is 2. The lowest BCUT2D eigenvalue weighted by molar-refractivity contribution is 0.0940. The van der Waals surface area contributed by atoms with Gasteiger partial charge in [0.1, 0.15) is 0 Å². The van der Waals surface area contributed by atoms with Gasteiger partial charge in [0.15, 0.2) is 0 Å². The summed E-state index contributed by atoms with van der Waals surface area (Å²) in [5.74, 6) is -0.101. The molecule has 0 radical (unpaired) electrons. The molecule has 1 aromatic carbocycles. The van der Waals surface area contributed by atoms with Gasteiger partial charge in [0.05, 0.1) is 5.56 Å². The molecule has 5 heteroatoms. The van der Waals surface area contributed by atoms with E-state index in [4.69, 9.17) is 5.73 Å². The second-order valence-corrected chi connectivity index (χ2v) is 3.94. The zero-order valence-electron chi connectivity index (χ0n) is 8.37. The summed E-state index contributed by atoms with van der Waals surface area (Å²) in [6.07, 6.45) is 0. The van der Waals surface area contributed by atoms with Crippen LogP contribution in [-0.2, 0) is 0 Å². The molecule has 0 spiro atoms. The molecule has 0 aliphatic carbocycles. The average molecular weight is 294 g/mol. The van der Waals surface area contributed by atoms with Crippen LogP contribution in [0.4, 0.5) is 0 Å². The summed E-state index contributed by atoms with van der Waals surface area (Å²) < 4.78 is 0.793. The lowest BCUT2D eigenvalue weighted by atomic mass is 10.2. The van der Waals surface area contributed by atoms with Crippen molar-refractivity contribution in [3.05, 3.63) is 34.3 Å². The third-order valence-corrected chi connectivity index (χ3v) is 2.54. The Morgan fingerprint density at radius 3 is 2.67 bits per heavy atom. The summed E-state index contributed by atoms with van der Waals surface area (Å²) >= 11 is 3.32. The minimum absolute atomic E-state index is 0. The standard InChI is InChI=1S/C10H13BrN2O.ClH/c1-7(6-12)13-10(14)8-4-2-3-5-9(8)11;/h2-5,7H,6,12H2,1H3,(H,13,14);1H/t7-;/m1./s1. The zero-order valence-corrected chi connectivity index (χ0v) is 10.8. The molecule has 1 atom stereocenters. The van der Waals surface area contributed by atoms with Gasteiger partial charge in [0, 0.05) is 17.1 Å². The molecule has 3 nitrogen and oxygen atoms in total. The first-order valence-electron chi connectivity index (χ1n) is 4.40. The number of carbonyl (C=O) groups excluding carboxylic acids is 1. The molecule has 1 rings (SSSR count). The number of hydrogen-bond acceptors (Lipinski definition) is 2. The number of benzene rings is 1. The van der Waals surface area contributed by atoms with Crippen molar-refractivity contribution >= 4 is 34.2 Å². The van der Waals surface area contributed by atoms with Gasteiger partial charge in [-0.1, -0.05) is 12.1 Å². The van der Waals surface area contributed by atoms with Gasteiger partial charge in [-0.3, -0.25) is 4.79 Å². The topological polar surface area (TPSA) is 55.1 Å². The Morgan fingerprint density at radius 2 is 2.13 bits per heavy atom. The van der Waals surface area contributed by atoms with Gasteiger partial charge in [-0.05, 0) is 35.0 Å². The molecule has 3 N–H and O–H groups in total. The van der Waals surface area contributed by atoms with Crippen molar-refractivity contribution < 1.29 is 4.79 Å². The summed E-state index contributed by atoms with van der Waals surface area (Å²) in [5, 5.41) is 2.79. The predicted octanol–water partition coefficient (Wildman–Crippen LogP) is 1.95. The van der Waals surface area contributed by atoms with Crippen LogP contribution in [0.1, 0.15) is 17.3 Å². The fraction of sp³-hybridized carbons (Fsp3) is 0.300. The van der Waals surface area contributed by atoms with Crippen LogP contribution in [0.5, 0.6) is 0 Å². The van der Waals surface area contributed by atoms with Gasteiger partial charge in [-0.15, -0.1) is 12.4 Å². The second-order valence-electron chi connectivity index (χ2n) is 3.09. The molecular formula is C10H14BrClN2O. The summed E-state index contributed by atoms with van der Waals surface area (Å²) in [6.45, 7) is 2.31. The van der Waals surface area contributed by atoms with Crippen molar-refractivity contribution in [2.45, 2.75) is 13.0 Å². The highest BCUT2D eigenvalue weighted by Gasteiger charge is 2.10. The van der Waals surface area contributed by atoms with E-state index in [0.717, 1.165) is 4.47 Å². The predicted molar refractivity (Wildman–Crippen MR) is 67.4 cm³/mol. The summed E-state index contributed by atoms with van der Waals surface area (Å²) in [5.41, 5.74) is 6.04. The molecule has 0 saturated heterocycles. The van der Waals surface area contributed by atoms with Crippen LogP contribution in [0.3, 0.4) is 0 Å². The van der Waals surface area contributed by atoms with E-state index in [1.807, 2.05) is 25.1 Å². The van der Waals surface area contributed by atoms with Gasteiger partial charge < -0.3 is 11.1 Å². The van der Waals surface area contributed by atoms with Gasteiger partial charge in [0.2, 0.25) is 0 Å². The molecule has 0 aliphatic heterocycles. The Hall–Kier alpha value is -0.580. The minimum Gasteiger partial charge on any atom is -0.348 e. The molecule has 1 amide bonds. The van der Waals surface area contributed by atoms with Crippen molar-refractivity contribution in [2.75, 3.05) is 6.54 Å². The largest absolute Gasteiger partial charge is 0.348 e. The van der Waals surface area contributed by atoms with Crippen molar-refractivity contribution in [3.8, 4) is 0 Å². The number of rotatable bonds is 3. The highest BCUT2D eigenvalue weighted by atomic mass is 79.9. The van der Waals surface area contributed by atoms with E-state index in [0.29, 0.717) is 12.1 Å². The molecule has 0 aromatic heterocycles. The number of nitrogens with one attached hydrogen (secondary N) is 1. The highest BCUT2D eigenvalue weighted by Crippen LogP contribution is 2.15. The fourth-order valence-corrected chi connectivity index (χ4v) is 1.47. The van der Waals surface area contributed by atoms with Crippen molar-refractivity contribution in [2.24, 2.45) is 5.73 Å². The summed E-state index contributed by atoms with van der Waals surface area (Å²) in [4.78, 5) is 11.6. The Bertz CT molecular complexity index is 333. The average Bonchev–Trinajstić information content (AvgIpc) is 2.18. The van der Waals surface area contributed by atoms with Crippen LogP contribution in [0.25, 0.3) is 0 Å². The van der Waals surface area contributed by atoms with Gasteiger partial charge in [-0.2, -0.15) is 0 Å². The second kappa shape index (κ2) is 6.82. The van der Waals surface area contributed by atoms with E-state index in [1.54, 1.807) is 6.07 Å². The molecular weight excluding hydrogens is 279 g/mol. The number of amides is 1. The molecule has 0 heterocycles. The third-order valence-electron chi connectivity index (χ3n) is 1.85. The number of hydrogen-bond donors (Lipinski definition) is 2. The van der Waals surface area contributed by atoms with E-state index in [2.05, 4.69) is 21.2 Å². The number of carbonyl (C=O) groups is 1. The lowest BCUT2D eigenvalue weighted by Gasteiger charge is -2.11. The van der Waals surface area contributed by atoms with Gasteiger partial charge in [0.25, 0.3) is 5.91 Å². The first-order chi connectivity index (χ1) is 6.65. The van der Waals surface area contributed by atoms with Crippen LogP contribution >= 0.6 is 28.3 Å². The minimum atomic E-state index is -0.101. The van der Waals surface area contributed by atoms with E-state index >= 15 is 0 Å². The Morgan fingerprint density at radius 1 is 1.53 bits per heavy atom. The van der Waals surface area contributed by atoms with Crippen LogP contribution in [0.15, 0.2) is 28.7 Å². The molecule has 0 saturated carbocycles. The Kier molecular flexibility index (Phi) is 6.56. The molecule has 0 aliphatic rings. The van der Waals surface area contributed by atoms with Gasteiger partial charge >= 0.3 is 0 Å². The van der Waals surface area contributed by atoms with E-state index in [-0.39, 0.29) is 24.4 Å². The van der Waals surface area contributed by atoms with Crippen LogP contribution in [0, 0.1) is 0 Å². The zero-order chi connectivity index (χ0) is 10.6. The quantitative estimate of drug-likeness (QED) is 0.895.